The Morgan fingerprint density at radius 3 is 2.52 bits per heavy atom. The summed E-state index contributed by atoms with van der Waals surface area (Å²) in [5.74, 6) is -3.10. The third kappa shape index (κ3) is 2.67. The minimum Gasteiger partial charge on any atom is -0.495 e. The Kier molecular flexibility index (Phi) is 3.85. The largest absolute Gasteiger partial charge is 0.495 e. The molecule has 7 nitrogen and oxygen atoms in total. The Labute approximate surface area is 140 Å². The summed E-state index contributed by atoms with van der Waals surface area (Å²) < 4.78 is 45.9. The maximum absolute atomic E-state index is 13.6. The Bertz CT molecular complexity index is 748. The van der Waals surface area contributed by atoms with Gasteiger partial charge in [-0.05, 0) is 25.0 Å². The number of nitrogens with zero attached hydrogens (tertiary/aromatic N) is 1. The topological polar surface area (TPSA) is 87.7 Å². The van der Waals surface area contributed by atoms with E-state index in [2.05, 4.69) is 0 Å². The number of alkyl halides is 3. The number of hydrogen-bond donors (Lipinski definition) is 2. The molecule has 0 radical (unpaired) electrons. The molecular formula is C15H14F3N3O4. The molecule has 1 aliphatic heterocycles. The zero-order valence-corrected chi connectivity index (χ0v) is 13.0. The summed E-state index contributed by atoms with van der Waals surface area (Å²) in [6.07, 6.45) is -4.34. The van der Waals surface area contributed by atoms with E-state index in [0.717, 1.165) is 0 Å². The van der Waals surface area contributed by atoms with Crippen LogP contribution < -0.4 is 20.3 Å². The van der Waals surface area contributed by atoms with Crippen LogP contribution in [0.25, 0.3) is 0 Å². The fraction of sp³-hybridized carbons (Fsp3) is 0.400. The Hall–Kier alpha value is -2.78. The number of carbonyl (C=O) groups excluding carboxylic acids is 3. The molecule has 134 valence electrons. The Balaban J connectivity index is 2.03. The van der Waals surface area contributed by atoms with Crippen molar-refractivity contribution in [1.29, 1.82) is 0 Å². The molecular weight excluding hydrogens is 343 g/mol. The lowest BCUT2D eigenvalue weighted by atomic mass is 10.1. The van der Waals surface area contributed by atoms with E-state index in [0.29, 0.717) is 17.7 Å². The van der Waals surface area contributed by atoms with Crippen molar-refractivity contribution in [3.8, 4) is 5.75 Å². The molecule has 1 unspecified atom stereocenters. The number of urea groups is 1. The monoisotopic (exact) mass is 357 g/mol. The summed E-state index contributed by atoms with van der Waals surface area (Å²) in [5, 5.41) is 3.28. The first-order chi connectivity index (χ1) is 11.7. The lowest BCUT2D eigenvalue weighted by Crippen LogP contribution is -2.69. The lowest BCUT2D eigenvalue weighted by Gasteiger charge is -2.30. The van der Waals surface area contributed by atoms with Gasteiger partial charge in [0.25, 0.3) is 11.6 Å². The number of ether oxygens (including phenoxy) is 1. The van der Waals surface area contributed by atoms with Crippen LogP contribution in [0.3, 0.4) is 0 Å². The second-order valence-corrected chi connectivity index (χ2v) is 5.75. The van der Waals surface area contributed by atoms with Crippen LogP contribution >= 0.6 is 0 Å². The molecule has 1 atom stereocenters. The molecule has 0 bridgehead atoms. The molecule has 1 saturated heterocycles. The van der Waals surface area contributed by atoms with Gasteiger partial charge in [0.1, 0.15) is 5.75 Å². The highest BCUT2D eigenvalue weighted by molar-refractivity contribution is 6.24. The molecule has 2 fully saturated rings. The maximum atomic E-state index is 13.6. The van der Waals surface area contributed by atoms with Gasteiger partial charge in [-0.15, -0.1) is 0 Å². The molecule has 10 heteroatoms. The van der Waals surface area contributed by atoms with E-state index in [4.69, 9.17) is 4.74 Å². The third-order valence-corrected chi connectivity index (χ3v) is 4.03. The molecule has 1 aromatic rings. The zero-order valence-electron chi connectivity index (χ0n) is 13.0. The van der Waals surface area contributed by atoms with Gasteiger partial charge in [0.2, 0.25) is 5.91 Å². The van der Waals surface area contributed by atoms with Crippen LogP contribution in [0, 0.1) is 5.92 Å². The van der Waals surface area contributed by atoms with Gasteiger partial charge in [-0.25, -0.2) is 9.69 Å². The minimum absolute atomic E-state index is 0.0393. The molecule has 2 N–H and O–H groups in total. The van der Waals surface area contributed by atoms with E-state index in [1.165, 1.54) is 31.4 Å². The average molecular weight is 357 g/mol. The van der Waals surface area contributed by atoms with Gasteiger partial charge < -0.3 is 10.1 Å². The molecule has 1 aliphatic carbocycles. The average Bonchev–Trinajstić information content (AvgIpc) is 3.35. The first kappa shape index (κ1) is 17.1. The smallest absolute Gasteiger partial charge is 0.440 e. The first-order valence-electron chi connectivity index (χ1n) is 7.40. The standard InChI is InChI=1S/C15H14F3N3O4/c1-25-10-5-3-2-4-9(10)21-12(23)14(15(16,17)18,20-13(21)24)19-11(22)8-6-7-8/h2-5,8H,6-7H2,1H3,(H,19,22)(H,20,24). The van der Waals surface area contributed by atoms with Crippen LogP contribution in [0.4, 0.5) is 23.7 Å². The summed E-state index contributed by atoms with van der Waals surface area (Å²) >= 11 is 0. The summed E-state index contributed by atoms with van der Waals surface area (Å²) in [5.41, 5.74) is -3.65. The second-order valence-electron chi connectivity index (χ2n) is 5.75. The SMILES string of the molecule is COc1ccccc1N1C(=O)NC(NC(=O)C2CC2)(C(F)(F)F)C1=O. The summed E-state index contributed by atoms with van der Waals surface area (Å²) in [6.45, 7) is 0. The number of benzene rings is 1. The molecule has 1 saturated carbocycles. The van der Waals surface area contributed by atoms with Crippen LogP contribution in [-0.4, -0.2) is 36.8 Å². The first-order valence-corrected chi connectivity index (χ1v) is 7.40. The van der Waals surface area contributed by atoms with Crippen molar-refractivity contribution in [3.05, 3.63) is 24.3 Å². The highest BCUT2D eigenvalue weighted by Gasteiger charge is 2.69. The van der Waals surface area contributed by atoms with Crippen molar-refractivity contribution < 1.29 is 32.3 Å². The van der Waals surface area contributed by atoms with Gasteiger partial charge in [-0.1, -0.05) is 12.1 Å². The summed E-state index contributed by atoms with van der Waals surface area (Å²) in [6, 6.07) is 4.34. The number of rotatable bonds is 4. The quantitative estimate of drug-likeness (QED) is 0.800. The fourth-order valence-electron chi connectivity index (χ4n) is 2.54. The molecule has 1 aromatic carbocycles. The van der Waals surface area contributed by atoms with Crippen molar-refractivity contribution in [2.24, 2.45) is 5.92 Å². The van der Waals surface area contributed by atoms with Crippen molar-refractivity contribution in [2.45, 2.75) is 24.7 Å². The summed E-state index contributed by atoms with van der Waals surface area (Å²) in [4.78, 5) is 36.9. The van der Waals surface area contributed by atoms with Gasteiger partial charge in [-0.3, -0.25) is 14.9 Å². The number of methoxy groups -OCH3 is 1. The van der Waals surface area contributed by atoms with Crippen LogP contribution in [0.5, 0.6) is 5.75 Å². The fourth-order valence-corrected chi connectivity index (χ4v) is 2.54. The van der Waals surface area contributed by atoms with E-state index in [1.54, 1.807) is 10.6 Å². The molecule has 0 aromatic heterocycles. The highest BCUT2D eigenvalue weighted by Crippen LogP contribution is 2.39. The van der Waals surface area contributed by atoms with Gasteiger partial charge in [0.05, 0.1) is 12.8 Å². The van der Waals surface area contributed by atoms with E-state index < -0.39 is 35.6 Å². The predicted octanol–water partition coefficient (Wildman–Crippen LogP) is 1.54. The van der Waals surface area contributed by atoms with Crippen molar-refractivity contribution >= 4 is 23.5 Å². The normalized spacial score (nSPS) is 23.4. The van der Waals surface area contributed by atoms with E-state index in [-0.39, 0.29) is 11.4 Å². The number of para-hydroxylation sites is 2. The number of hydrogen-bond acceptors (Lipinski definition) is 4. The lowest BCUT2D eigenvalue weighted by molar-refractivity contribution is -0.201. The third-order valence-electron chi connectivity index (χ3n) is 4.03. The number of halogens is 3. The van der Waals surface area contributed by atoms with E-state index >= 15 is 0 Å². The molecule has 0 spiro atoms. The molecule has 2 aliphatic rings. The maximum Gasteiger partial charge on any atom is 0.440 e. The van der Waals surface area contributed by atoms with Gasteiger partial charge >= 0.3 is 12.2 Å². The van der Waals surface area contributed by atoms with Crippen LogP contribution in [-0.2, 0) is 9.59 Å². The van der Waals surface area contributed by atoms with E-state index in [9.17, 15) is 27.6 Å². The van der Waals surface area contributed by atoms with Crippen molar-refractivity contribution in [3.63, 3.8) is 0 Å². The number of carbonyl (C=O) groups is 3. The zero-order chi connectivity index (χ0) is 18.4. The highest BCUT2D eigenvalue weighted by atomic mass is 19.4. The van der Waals surface area contributed by atoms with Crippen LogP contribution in [0.15, 0.2) is 24.3 Å². The number of anilines is 1. The number of imide groups is 1. The molecule has 4 amide bonds. The molecule has 25 heavy (non-hydrogen) atoms. The van der Waals surface area contributed by atoms with Crippen LogP contribution in [0.1, 0.15) is 12.8 Å². The van der Waals surface area contributed by atoms with Gasteiger partial charge in [0.15, 0.2) is 0 Å². The summed E-state index contributed by atoms with van der Waals surface area (Å²) in [7, 11) is 1.25. The Morgan fingerprint density at radius 2 is 1.96 bits per heavy atom. The van der Waals surface area contributed by atoms with Gasteiger partial charge in [0, 0.05) is 5.92 Å². The predicted molar refractivity (Wildman–Crippen MR) is 78.7 cm³/mol. The number of amides is 4. The molecule has 1 heterocycles. The van der Waals surface area contributed by atoms with E-state index in [1.807, 2.05) is 0 Å². The second kappa shape index (κ2) is 5.64. The van der Waals surface area contributed by atoms with Crippen molar-refractivity contribution in [1.82, 2.24) is 10.6 Å². The van der Waals surface area contributed by atoms with Crippen molar-refractivity contribution in [2.75, 3.05) is 12.0 Å². The number of nitrogens with one attached hydrogen (secondary N) is 2. The molecule has 3 rings (SSSR count). The van der Waals surface area contributed by atoms with Gasteiger partial charge in [-0.2, -0.15) is 13.2 Å². The Morgan fingerprint density at radius 1 is 1.32 bits per heavy atom. The minimum atomic E-state index is -5.22. The van der Waals surface area contributed by atoms with Crippen LogP contribution in [0.2, 0.25) is 0 Å².